The zero-order valence-corrected chi connectivity index (χ0v) is 9.54. The number of nitrogens with zero attached hydrogens (tertiary/aromatic N) is 1. The minimum atomic E-state index is -4.14. The van der Waals surface area contributed by atoms with Crippen LogP contribution in [0.25, 0.3) is 0 Å². The Hall–Kier alpha value is -1.76. The van der Waals surface area contributed by atoms with Gasteiger partial charge in [-0.05, 0) is 5.56 Å². The van der Waals surface area contributed by atoms with Crippen LogP contribution in [0.5, 0.6) is 0 Å². The van der Waals surface area contributed by atoms with Crippen molar-refractivity contribution in [2.75, 3.05) is 6.54 Å². The first-order valence-electron chi connectivity index (χ1n) is 5.26. The maximum Gasteiger partial charge on any atom is 0.390 e. The Morgan fingerprint density at radius 1 is 1.28 bits per heavy atom. The number of benzene rings is 1. The van der Waals surface area contributed by atoms with Gasteiger partial charge in [-0.2, -0.15) is 13.2 Å². The summed E-state index contributed by atoms with van der Waals surface area (Å²) in [5, 5.41) is 14.0. The minimum absolute atomic E-state index is 0.00780. The van der Waals surface area contributed by atoms with Gasteiger partial charge in [0.1, 0.15) is 0 Å². The Labute approximate surface area is 102 Å². The van der Waals surface area contributed by atoms with Crippen molar-refractivity contribution in [3.63, 3.8) is 0 Å². The van der Waals surface area contributed by atoms with Crippen LogP contribution in [-0.2, 0) is 6.54 Å². The van der Waals surface area contributed by atoms with Crippen molar-refractivity contribution in [2.24, 2.45) is 10.9 Å². The highest BCUT2D eigenvalue weighted by atomic mass is 19.4. The zero-order chi connectivity index (χ0) is 13.6. The molecule has 0 bridgehead atoms. The maximum atomic E-state index is 11.9. The van der Waals surface area contributed by atoms with E-state index in [0.29, 0.717) is 12.1 Å². The predicted molar refractivity (Wildman–Crippen MR) is 61.3 cm³/mol. The SMILES string of the molecule is NC(=NO)c1ccc(CNCCC(F)(F)F)cc1. The van der Waals surface area contributed by atoms with Crippen LogP contribution in [0, 0.1) is 0 Å². The van der Waals surface area contributed by atoms with Gasteiger partial charge in [-0.1, -0.05) is 29.4 Å². The van der Waals surface area contributed by atoms with Gasteiger partial charge < -0.3 is 16.3 Å². The van der Waals surface area contributed by atoms with E-state index in [1.54, 1.807) is 24.3 Å². The van der Waals surface area contributed by atoms with E-state index in [0.717, 1.165) is 5.56 Å². The van der Waals surface area contributed by atoms with Gasteiger partial charge in [0, 0.05) is 18.7 Å². The summed E-state index contributed by atoms with van der Waals surface area (Å²) in [4.78, 5) is 0. The average Bonchev–Trinajstić information content (AvgIpc) is 2.33. The van der Waals surface area contributed by atoms with Gasteiger partial charge in [0.2, 0.25) is 0 Å². The Balaban J connectivity index is 2.40. The molecule has 0 saturated heterocycles. The summed E-state index contributed by atoms with van der Waals surface area (Å²) in [6.45, 7) is 0.220. The molecule has 0 spiro atoms. The summed E-state index contributed by atoms with van der Waals surface area (Å²) < 4.78 is 35.6. The first-order valence-corrected chi connectivity index (χ1v) is 5.26. The van der Waals surface area contributed by atoms with Crippen molar-refractivity contribution < 1.29 is 18.4 Å². The van der Waals surface area contributed by atoms with E-state index in [2.05, 4.69) is 10.5 Å². The van der Waals surface area contributed by atoms with Crippen molar-refractivity contribution >= 4 is 5.84 Å². The fourth-order valence-electron chi connectivity index (χ4n) is 1.31. The molecule has 0 atom stereocenters. The summed E-state index contributed by atoms with van der Waals surface area (Å²) in [5.41, 5.74) is 6.75. The fourth-order valence-corrected chi connectivity index (χ4v) is 1.31. The minimum Gasteiger partial charge on any atom is -0.409 e. The maximum absolute atomic E-state index is 11.9. The van der Waals surface area contributed by atoms with Crippen LogP contribution in [0.3, 0.4) is 0 Å². The Morgan fingerprint density at radius 2 is 1.89 bits per heavy atom. The smallest absolute Gasteiger partial charge is 0.390 e. The molecule has 0 aromatic heterocycles. The highest BCUT2D eigenvalue weighted by molar-refractivity contribution is 5.96. The average molecular weight is 261 g/mol. The van der Waals surface area contributed by atoms with Crippen LogP contribution in [0.4, 0.5) is 13.2 Å². The molecule has 0 aliphatic heterocycles. The van der Waals surface area contributed by atoms with Crippen LogP contribution in [-0.4, -0.2) is 23.8 Å². The van der Waals surface area contributed by atoms with E-state index in [1.807, 2.05) is 0 Å². The number of nitrogens with two attached hydrogens (primary N) is 1. The Bertz CT molecular complexity index is 401. The molecule has 0 fully saturated rings. The van der Waals surface area contributed by atoms with Crippen molar-refractivity contribution in [1.29, 1.82) is 0 Å². The quantitative estimate of drug-likeness (QED) is 0.249. The number of hydrogen-bond acceptors (Lipinski definition) is 3. The summed E-state index contributed by atoms with van der Waals surface area (Å²) in [6.07, 6.45) is -4.99. The molecule has 0 aliphatic rings. The topological polar surface area (TPSA) is 70.6 Å². The van der Waals surface area contributed by atoms with Gasteiger partial charge in [-0.3, -0.25) is 0 Å². The molecular formula is C11H14F3N3O. The molecule has 18 heavy (non-hydrogen) atoms. The highest BCUT2D eigenvalue weighted by Crippen LogP contribution is 2.18. The van der Waals surface area contributed by atoms with Crippen LogP contribution in [0.1, 0.15) is 17.5 Å². The fraction of sp³-hybridized carbons (Fsp3) is 0.364. The zero-order valence-electron chi connectivity index (χ0n) is 9.54. The largest absolute Gasteiger partial charge is 0.409 e. The number of amidine groups is 1. The normalized spacial score (nSPS) is 12.7. The number of halogens is 3. The van der Waals surface area contributed by atoms with Gasteiger partial charge in [-0.15, -0.1) is 0 Å². The van der Waals surface area contributed by atoms with Crippen LogP contribution in [0.15, 0.2) is 29.4 Å². The third kappa shape index (κ3) is 5.05. The summed E-state index contributed by atoms with van der Waals surface area (Å²) in [7, 11) is 0. The van der Waals surface area contributed by atoms with E-state index in [9.17, 15) is 13.2 Å². The van der Waals surface area contributed by atoms with Crippen LogP contribution in [0.2, 0.25) is 0 Å². The lowest BCUT2D eigenvalue weighted by atomic mass is 10.1. The lowest BCUT2D eigenvalue weighted by Crippen LogP contribution is -2.21. The summed E-state index contributed by atoms with van der Waals surface area (Å²) in [6, 6.07) is 6.67. The highest BCUT2D eigenvalue weighted by Gasteiger charge is 2.25. The summed E-state index contributed by atoms with van der Waals surface area (Å²) >= 11 is 0. The molecule has 0 amide bonds. The van der Waals surface area contributed by atoms with Crippen molar-refractivity contribution in [3.05, 3.63) is 35.4 Å². The number of alkyl halides is 3. The molecule has 0 unspecified atom stereocenters. The van der Waals surface area contributed by atoms with Crippen molar-refractivity contribution in [1.82, 2.24) is 5.32 Å². The molecule has 100 valence electrons. The van der Waals surface area contributed by atoms with Gasteiger partial charge in [0.25, 0.3) is 0 Å². The second-order valence-electron chi connectivity index (χ2n) is 3.72. The van der Waals surface area contributed by atoms with E-state index in [4.69, 9.17) is 10.9 Å². The van der Waals surface area contributed by atoms with Crippen LogP contribution >= 0.6 is 0 Å². The number of nitrogens with one attached hydrogen (secondary N) is 1. The Kier molecular flexibility index (Phi) is 4.96. The van der Waals surface area contributed by atoms with Gasteiger partial charge in [0.05, 0.1) is 6.42 Å². The molecule has 0 heterocycles. The van der Waals surface area contributed by atoms with E-state index >= 15 is 0 Å². The first kappa shape index (κ1) is 14.3. The molecule has 0 radical (unpaired) electrons. The first-order chi connectivity index (χ1) is 8.42. The molecule has 4 nitrogen and oxygen atoms in total. The van der Waals surface area contributed by atoms with Crippen LogP contribution < -0.4 is 11.1 Å². The van der Waals surface area contributed by atoms with Gasteiger partial charge in [0.15, 0.2) is 5.84 Å². The van der Waals surface area contributed by atoms with Crippen molar-refractivity contribution in [2.45, 2.75) is 19.1 Å². The second-order valence-corrected chi connectivity index (χ2v) is 3.72. The summed E-state index contributed by atoms with van der Waals surface area (Å²) in [5.74, 6) is -0.00780. The molecule has 4 N–H and O–H groups in total. The van der Waals surface area contributed by atoms with E-state index < -0.39 is 12.6 Å². The molecule has 0 aliphatic carbocycles. The van der Waals surface area contributed by atoms with E-state index in [1.165, 1.54) is 0 Å². The predicted octanol–water partition coefficient (Wildman–Crippen LogP) is 1.82. The van der Waals surface area contributed by atoms with Gasteiger partial charge in [-0.25, -0.2) is 0 Å². The molecule has 7 heteroatoms. The van der Waals surface area contributed by atoms with E-state index in [-0.39, 0.29) is 12.4 Å². The molecule has 1 rings (SSSR count). The molecular weight excluding hydrogens is 247 g/mol. The molecule has 1 aromatic carbocycles. The number of rotatable bonds is 5. The lowest BCUT2D eigenvalue weighted by Gasteiger charge is -2.08. The third-order valence-electron chi connectivity index (χ3n) is 2.27. The second kappa shape index (κ2) is 6.25. The standard InChI is InChI=1S/C11H14F3N3O/c12-11(13,14)5-6-16-7-8-1-3-9(4-2-8)10(15)17-18/h1-4,16,18H,5-7H2,(H2,15,17). The third-order valence-corrected chi connectivity index (χ3v) is 2.27. The van der Waals surface area contributed by atoms with Gasteiger partial charge >= 0.3 is 6.18 Å². The molecule has 1 aromatic rings. The molecule has 0 saturated carbocycles. The van der Waals surface area contributed by atoms with Crippen molar-refractivity contribution in [3.8, 4) is 0 Å². The lowest BCUT2D eigenvalue weighted by molar-refractivity contribution is -0.133. The monoisotopic (exact) mass is 261 g/mol. The Morgan fingerprint density at radius 3 is 2.39 bits per heavy atom. The number of hydrogen-bond donors (Lipinski definition) is 3. The number of oxime groups is 1.